The molecule has 1 unspecified atom stereocenters. The summed E-state index contributed by atoms with van der Waals surface area (Å²) < 4.78 is 27.0. The van der Waals surface area contributed by atoms with Gasteiger partial charge in [-0.1, -0.05) is 35.5 Å². The molecule has 0 aliphatic heterocycles. The molecule has 4 N–H and O–H groups in total. The van der Waals surface area contributed by atoms with E-state index in [2.05, 4.69) is 14.9 Å². The zero-order chi connectivity index (χ0) is 15.3. The summed E-state index contributed by atoms with van der Waals surface area (Å²) in [6.45, 7) is 0. The zero-order valence-corrected chi connectivity index (χ0v) is 11.7. The summed E-state index contributed by atoms with van der Waals surface area (Å²) in [6, 6.07) is 10.5. The Kier molecular flexibility index (Phi) is 4.51. The van der Waals surface area contributed by atoms with Crippen molar-refractivity contribution in [3.63, 3.8) is 0 Å². The van der Waals surface area contributed by atoms with E-state index in [1.54, 1.807) is 30.3 Å². The van der Waals surface area contributed by atoms with Gasteiger partial charge >= 0.3 is 0 Å². The topological polar surface area (TPSA) is 118 Å². The van der Waals surface area contributed by atoms with Crippen molar-refractivity contribution in [2.45, 2.75) is 10.9 Å². The minimum atomic E-state index is -3.85. The van der Waals surface area contributed by atoms with Gasteiger partial charge in [0.05, 0.1) is 0 Å². The highest BCUT2D eigenvalue weighted by Crippen LogP contribution is 2.17. The number of sulfonamides is 1. The predicted molar refractivity (Wildman–Crippen MR) is 77.2 cm³/mol. The number of amidine groups is 1. The summed E-state index contributed by atoms with van der Waals surface area (Å²) in [4.78, 5) is 3.76. The Morgan fingerprint density at radius 1 is 1.24 bits per heavy atom. The molecule has 7 nitrogen and oxygen atoms in total. The molecule has 8 heteroatoms. The average molecular weight is 306 g/mol. The summed E-state index contributed by atoms with van der Waals surface area (Å²) >= 11 is 0. The quantitative estimate of drug-likeness (QED) is 0.327. The highest BCUT2D eigenvalue weighted by atomic mass is 32.2. The standard InChI is InChI=1S/C13H14N4O3S/c14-13(16-18)12(10-5-2-1-3-6-10)17-21(19,20)11-7-4-8-15-9-11/h1-9,12,17-18H,(H2,14,16). The van der Waals surface area contributed by atoms with Crippen LogP contribution in [0.4, 0.5) is 0 Å². The first-order valence-corrected chi connectivity index (χ1v) is 7.47. The smallest absolute Gasteiger partial charge is 0.243 e. The average Bonchev–Trinajstić information content (AvgIpc) is 2.53. The van der Waals surface area contributed by atoms with E-state index < -0.39 is 16.1 Å². The molecule has 0 spiro atoms. The van der Waals surface area contributed by atoms with E-state index in [1.165, 1.54) is 24.5 Å². The third-order valence-corrected chi connectivity index (χ3v) is 4.17. The van der Waals surface area contributed by atoms with Crippen LogP contribution in [0.25, 0.3) is 0 Å². The fourth-order valence-electron chi connectivity index (χ4n) is 1.73. The number of nitrogens with one attached hydrogen (secondary N) is 1. The van der Waals surface area contributed by atoms with Crippen molar-refractivity contribution in [2.24, 2.45) is 10.9 Å². The maximum atomic E-state index is 12.3. The number of nitrogens with two attached hydrogens (primary N) is 1. The molecule has 0 aliphatic carbocycles. The second-order valence-corrected chi connectivity index (χ2v) is 5.89. The Morgan fingerprint density at radius 2 is 1.95 bits per heavy atom. The third kappa shape index (κ3) is 3.56. The van der Waals surface area contributed by atoms with Gasteiger partial charge in [-0.05, 0) is 17.7 Å². The van der Waals surface area contributed by atoms with E-state index >= 15 is 0 Å². The Hall–Kier alpha value is -2.45. The van der Waals surface area contributed by atoms with Crippen molar-refractivity contribution in [1.29, 1.82) is 0 Å². The number of benzene rings is 1. The van der Waals surface area contributed by atoms with Gasteiger partial charge in [0, 0.05) is 12.4 Å². The first kappa shape index (κ1) is 14.9. The van der Waals surface area contributed by atoms with Gasteiger partial charge in [-0.25, -0.2) is 8.42 Å². The van der Waals surface area contributed by atoms with E-state index in [9.17, 15) is 8.42 Å². The van der Waals surface area contributed by atoms with Gasteiger partial charge in [-0.2, -0.15) is 4.72 Å². The number of oxime groups is 1. The summed E-state index contributed by atoms with van der Waals surface area (Å²) in [6.07, 6.45) is 2.69. The summed E-state index contributed by atoms with van der Waals surface area (Å²) in [5, 5.41) is 11.7. The molecular weight excluding hydrogens is 292 g/mol. The maximum Gasteiger partial charge on any atom is 0.243 e. The van der Waals surface area contributed by atoms with E-state index in [0.717, 1.165) is 0 Å². The molecule has 0 saturated heterocycles. The Balaban J connectivity index is 2.37. The minimum absolute atomic E-state index is 0.00308. The molecule has 0 radical (unpaired) electrons. The van der Waals surface area contributed by atoms with Crippen LogP contribution in [-0.2, 0) is 10.0 Å². The van der Waals surface area contributed by atoms with E-state index in [-0.39, 0.29) is 10.7 Å². The van der Waals surface area contributed by atoms with Crippen LogP contribution in [0, 0.1) is 0 Å². The molecule has 0 fully saturated rings. The fraction of sp³-hybridized carbons (Fsp3) is 0.0769. The molecular formula is C13H14N4O3S. The normalized spacial score (nSPS) is 13.8. The van der Waals surface area contributed by atoms with Gasteiger partial charge in [-0.15, -0.1) is 0 Å². The molecule has 1 aromatic carbocycles. The van der Waals surface area contributed by atoms with Crippen molar-refractivity contribution in [1.82, 2.24) is 9.71 Å². The molecule has 1 aromatic heterocycles. The van der Waals surface area contributed by atoms with Crippen LogP contribution in [-0.4, -0.2) is 24.4 Å². The van der Waals surface area contributed by atoms with Crippen LogP contribution >= 0.6 is 0 Å². The lowest BCUT2D eigenvalue weighted by Gasteiger charge is -2.17. The maximum absolute atomic E-state index is 12.3. The van der Waals surface area contributed by atoms with Gasteiger partial charge in [0.15, 0.2) is 5.84 Å². The summed E-state index contributed by atoms with van der Waals surface area (Å²) in [7, 11) is -3.85. The Labute approximate surface area is 122 Å². The third-order valence-electron chi connectivity index (χ3n) is 2.76. The van der Waals surface area contributed by atoms with Crippen LogP contribution in [0.5, 0.6) is 0 Å². The minimum Gasteiger partial charge on any atom is -0.409 e. The number of aromatic nitrogens is 1. The largest absolute Gasteiger partial charge is 0.409 e. The van der Waals surface area contributed by atoms with E-state index in [1.807, 2.05) is 0 Å². The van der Waals surface area contributed by atoms with Crippen LogP contribution in [0.1, 0.15) is 11.6 Å². The molecule has 2 rings (SSSR count). The molecule has 1 atom stereocenters. The first-order valence-electron chi connectivity index (χ1n) is 5.99. The molecule has 0 bridgehead atoms. The lowest BCUT2D eigenvalue weighted by Crippen LogP contribution is -2.37. The highest BCUT2D eigenvalue weighted by Gasteiger charge is 2.24. The Morgan fingerprint density at radius 3 is 2.52 bits per heavy atom. The van der Waals surface area contributed by atoms with Crippen molar-refractivity contribution in [2.75, 3.05) is 0 Å². The number of hydrogen-bond donors (Lipinski definition) is 3. The van der Waals surface area contributed by atoms with Gasteiger partial charge in [0.25, 0.3) is 0 Å². The van der Waals surface area contributed by atoms with Crippen LogP contribution in [0.15, 0.2) is 64.9 Å². The van der Waals surface area contributed by atoms with Crippen molar-refractivity contribution in [3.05, 3.63) is 60.4 Å². The van der Waals surface area contributed by atoms with Gasteiger partial charge in [-0.3, -0.25) is 4.98 Å². The van der Waals surface area contributed by atoms with Crippen LogP contribution in [0.3, 0.4) is 0 Å². The number of pyridine rings is 1. The van der Waals surface area contributed by atoms with Crippen molar-refractivity contribution >= 4 is 15.9 Å². The highest BCUT2D eigenvalue weighted by molar-refractivity contribution is 7.89. The molecule has 110 valence electrons. The lowest BCUT2D eigenvalue weighted by atomic mass is 10.1. The SMILES string of the molecule is N/C(=N\O)C(NS(=O)(=O)c1cccnc1)c1ccccc1. The summed E-state index contributed by atoms with van der Waals surface area (Å²) in [5.74, 6) is -0.256. The van der Waals surface area contributed by atoms with Crippen molar-refractivity contribution in [3.8, 4) is 0 Å². The molecule has 0 amide bonds. The number of hydrogen-bond acceptors (Lipinski definition) is 5. The second-order valence-electron chi connectivity index (χ2n) is 4.18. The molecule has 0 aliphatic rings. The first-order chi connectivity index (χ1) is 10.0. The van der Waals surface area contributed by atoms with Crippen LogP contribution in [0.2, 0.25) is 0 Å². The predicted octanol–water partition coefficient (Wildman–Crippen LogP) is 0.848. The van der Waals surface area contributed by atoms with Gasteiger partial charge in [0.2, 0.25) is 10.0 Å². The van der Waals surface area contributed by atoms with E-state index in [0.29, 0.717) is 5.56 Å². The zero-order valence-electron chi connectivity index (χ0n) is 10.9. The molecule has 0 saturated carbocycles. The van der Waals surface area contributed by atoms with Crippen LogP contribution < -0.4 is 10.5 Å². The van der Waals surface area contributed by atoms with Crippen molar-refractivity contribution < 1.29 is 13.6 Å². The number of nitrogens with zero attached hydrogens (tertiary/aromatic N) is 2. The van der Waals surface area contributed by atoms with Gasteiger partial charge < -0.3 is 10.9 Å². The Bertz CT molecular complexity index is 718. The number of rotatable bonds is 5. The summed E-state index contributed by atoms with van der Waals surface area (Å²) in [5.41, 5.74) is 6.15. The van der Waals surface area contributed by atoms with Gasteiger partial charge in [0.1, 0.15) is 10.9 Å². The molecule has 21 heavy (non-hydrogen) atoms. The second kappa shape index (κ2) is 6.33. The monoisotopic (exact) mass is 306 g/mol. The van der Waals surface area contributed by atoms with E-state index in [4.69, 9.17) is 10.9 Å². The lowest BCUT2D eigenvalue weighted by molar-refractivity contribution is 0.315. The molecule has 1 heterocycles. The molecule has 2 aromatic rings. The fourth-order valence-corrected chi connectivity index (χ4v) is 2.89.